The fraction of sp³-hybridized carbons (Fsp3) is 0.0833. The Morgan fingerprint density at radius 3 is 2.41 bits per heavy atom. The number of aryl methyl sites for hydroxylation is 1. The molecule has 0 radical (unpaired) electrons. The number of thioether (sulfide) groups is 1. The molecule has 5 heteroatoms. The van der Waals surface area contributed by atoms with Crippen LogP contribution in [0, 0.1) is 6.92 Å². The number of thiophene rings is 1. The van der Waals surface area contributed by atoms with Gasteiger partial charge in [-0.1, -0.05) is 89.8 Å². The Bertz CT molecular complexity index is 1280. The van der Waals surface area contributed by atoms with E-state index in [1.165, 1.54) is 30.8 Å². The maximum atomic E-state index is 4.95. The molecule has 0 atom stereocenters. The first kappa shape index (κ1) is 18.7. The van der Waals surface area contributed by atoms with E-state index >= 15 is 0 Å². The molecule has 5 rings (SSSR count). The lowest BCUT2D eigenvalue weighted by Gasteiger charge is -2.06. The van der Waals surface area contributed by atoms with Gasteiger partial charge in [-0.3, -0.25) is 0 Å². The molecule has 0 saturated heterocycles. The molecule has 3 aromatic carbocycles. The van der Waals surface area contributed by atoms with Crippen molar-refractivity contribution < 1.29 is 0 Å². The maximum Gasteiger partial charge on any atom is 0.189 e. The van der Waals surface area contributed by atoms with Crippen LogP contribution in [0.25, 0.3) is 20.3 Å². The van der Waals surface area contributed by atoms with Crippen LogP contribution in [0.3, 0.4) is 0 Å². The zero-order chi connectivity index (χ0) is 19.6. The SMILES string of the molecule is Cc1ccc(Sc2nc(SCc3ccccc3)nc3c2sc2ccccc23)cc1. The normalized spacial score (nSPS) is 11.3. The van der Waals surface area contributed by atoms with Crippen LogP contribution in [0.1, 0.15) is 11.1 Å². The van der Waals surface area contributed by atoms with Gasteiger partial charge >= 0.3 is 0 Å². The number of benzene rings is 3. The summed E-state index contributed by atoms with van der Waals surface area (Å²) in [4.78, 5) is 11.1. The largest absolute Gasteiger partial charge is 0.221 e. The topological polar surface area (TPSA) is 25.8 Å². The molecular weight excluding hydrogens is 412 g/mol. The number of nitrogens with zero attached hydrogens (tertiary/aromatic N) is 2. The van der Waals surface area contributed by atoms with Gasteiger partial charge in [0.25, 0.3) is 0 Å². The average molecular weight is 431 g/mol. The molecule has 5 aromatic rings. The van der Waals surface area contributed by atoms with Crippen molar-refractivity contribution in [2.45, 2.75) is 27.8 Å². The molecule has 0 unspecified atom stereocenters. The molecule has 0 saturated carbocycles. The van der Waals surface area contributed by atoms with Crippen molar-refractivity contribution in [1.82, 2.24) is 9.97 Å². The van der Waals surface area contributed by atoms with Crippen LogP contribution >= 0.6 is 34.9 Å². The highest BCUT2D eigenvalue weighted by Gasteiger charge is 2.15. The van der Waals surface area contributed by atoms with E-state index in [9.17, 15) is 0 Å². The smallest absolute Gasteiger partial charge is 0.189 e. The fourth-order valence-corrected chi connectivity index (χ4v) is 6.07. The summed E-state index contributed by atoms with van der Waals surface area (Å²) in [6.07, 6.45) is 0. The molecule has 0 spiro atoms. The molecule has 142 valence electrons. The number of fused-ring (bicyclic) bond motifs is 3. The Hall–Kier alpha value is -2.34. The Kier molecular flexibility index (Phi) is 5.27. The first-order chi connectivity index (χ1) is 14.3. The second kappa shape index (κ2) is 8.19. The quantitative estimate of drug-likeness (QED) is 0.163. The van der Waals surface area contributed by atoms with Gasteiger partial charge in [-0.05, 0) is 30.7 Å². The fourth-order valence-electron chi connectivity index (χ4n) is 3.12. The van der Waals surface area contributed by atoms with Gasteiger partial charge < -0.3 is 0 Å². The predicted molar refractivity (Wildman–Crippen MR) is 126 cm³/mol. The minimum absolute atomic E-state index is 0.833. The van der Waals surface area contributed by atoms with Crippen LogP contribution in [0.15, 0.2) is 93.9 Å². The lowest BCUT2D eigenvalue weighted by atomic mass is 10.2. The molecule has 0 aliphatic rings. The van der Waals surface area contributed by atoms with Crippen molar-refractivity contribution in [3.63, 3.8) is 0 Å². The maximum absolute atomic E-state index is 4.95. The summed E-state index contributed by atoms with van der Waals surface area (Å²) in [6.45, 7) is 2.11. The third-order valence-corrected chi connectivity index (χ3v) is 7.83. The molecule has 2 aromatic heterocycles. The van der Waals surface area contributed by atoms with Crippen molar-refractivity contribution in [1.29, 1.82) is 0 Å². The van der Waals surface area contributed by atoms with Gasteiger partial charge in [-0.15, -0.1) is 11.3 Å². The number of hydrogen-bond donors (Lipinski definition) is 0. The summed E-state index contributed by atoms with van der Waals surface area (Å²) >= 11 is 5.20. The average Bonchev–Trinajstić information content (AvgIpc) is 3.14. The van der Waals surface area contributed by atoms with Crippen molar-refractivity contribution in [2.75, 3.05) is 0 Å². The summed E-state index contributed by atoms with van der Waals surface area (Å²) < 4.78 is 2.42. The zero-order valence-corrected chi connectivity index (χ0v) is 18.3. The molecule has 0 fully saturated rings. The first-order valence-electron chi connectivity index (χ1n) is 9.37. The van der Waals surface area contributed by atoms with Crippen LogP contribution in [0.5, 0.6) is 0 Å². The number of hydrogen-bond acceptors (Lipinski definition) is 5. The minimum atomic E-state index is 0.833. The van der Waals surface area contributed by atoms with Gasteiger partial charge in [0.2, 0.25) is 0 Å². The first-order valence-corrected chi connectivity index (χ1v) is 12.0. The summed E-state index contributed by atoms with van der Waals surface area (Å²) in [5.74, 6) is 0.864. The Morgan fingerprint density at radius 2 is 1.59 bits per heavy atom. The van der Waals surface area contributed by atoms with Gasteiger partial charge in [-0.2, -0.15) is 0 Å². The molecule has 2 nitrogen and oxygen atoms in total. The van der Waals surface area contributed by atoms with Crippen molar-refractivity contribution in [3.8, 4) is 0 Å². The Balaban J connectivity index is 1.58. The molecule has 0 amide bonds. The van der Waals surface area contributed by atoms with E-state index in [0.29, 0.717) is 0 Å². The van der Waals surface area contributed by atoms with Gasteiger partial charge in [0.05, 0.1) is 10.2 Å². The van der Waals surface area contributed by atoms with Gasteiger partial charge in [0.1, 0.15) is 5.03 Å². The van der Waals surface area contributed by atoms with E-state index < -0.39 is 0 Å². The Morgan fingerprint density at radius 1 is 0.828 bits per heavy atom. The standard InChI is InChI=1S/C24H18N2S3/c1-16-11-13-18(14-12-16)28-23-22-21(19-9-5-6-10-20(19)29-22)25-24(26-23)27-15-17-7-3-2-4-8-17/h2-14H,15H2,1H3. The highest BCUT2D eigenvalue weighted by atomic mass is 32.2. The summed E-state index contributed by atoms with van der Waals surface area (Å²) in [5, 5.41) is 3.08. The van der Waals surface area contributed by atoms with E-state index in [4.69, 9.17) is 9.97 Å². The lowest BCUT2D eigenvalue weighted by molar-refractivity contribution is 0.936. The molecular formula is C24H18N2S3. The molecule has 0 bridgehead atoms. The minimum Gasteiger partial charge on any atom is -0.221 e. The number of aromatic nitrogens is 2. The highest BCUT2D eigenvalue weighted by molar-refractivity contribution is 8.00. The third-order valence-electron chi connectivity index (χ3n) is 4.61. The van der Waals surface area contributed by atoms with Gasteiger partial charge in [0.15, 0.2) is 5.16 Å². The summed E-state index contributed by atoms with van der Waals surface area (Å²) in [5.41, 5.74) is 3.61. The molecule has 0 aliphatic heterocycles. The van der Waals surface area contributed by atoms with E-state index in [-0.39, 0.29) is 0 Å². The lowest BCUT2D eigenvalue weighted by Crippen LogP contribution is -1.91. The van der Waals surface area contributed by atoms with Crippen molar-refractivity contribution >= 4 is 55.2 Å². The highest BCUT2D eigenvalue weighted by Crippen LogP contribution is 2.41. The van der Waals surface area contributed by atoms with Crippen LogP contribution in [0.2, 0.25) is 0 Å². The molecule has 2 heterocycles. The van der Waals surface area contributed by atoms with Gasteiger partial charge in [-0.25, -0.2) is 9.97 Å². The van der Waals surface area contributed by atoms with Crippen LogP contribution in [-0.4, -0.2) is 9.97 Å². The van der Waals surface area contributed by atoms with E-state index in [1.54, 1.807) is 34.9 Å². The van der Waals surface area contributed by atoms with Gasteiger partial charge in [0, 0.05) is 20.7 Å². The van der Waals surface area contributed by atoms with Crippen molar-refractivity contribution in [2.24, 2.45) is 0 Å². The monoisotopic (exact) mass is 430 g/mol. The van der Waals surface area contributed by atoms with Crippen LogP contribution in [-0.2, 0) is 5.75 Å². The third kappa shape index (κ3) is 4.04. The van der Waals surface area contributed by atoms with Crippen LogP contribution < -0.4 is 0 Å². The molecule has 29 heavy (non-hydrogen) atoms. The van der Waals surface area contributed by atoms with E-state index in [2.05, 4.69) is 79.7 Å². The zero-order valence-electron chi connectivity index (χ0n) is 15.8. The van der Waals surface area contributed by atoms with E-state index in [0.717, 1.165) is 21.5 Å². The molecule has 0 N–H and O–H groups in total. The number of rotatable bonds is 5. The second-order valence-corrected chi connectivity index (χ2v) is 9.83. The molecule has 0 aliphatic carbocycles. The van der Waals surface area contributed by atoms with E-state index in [1.807, 2.05) is 6.07 Å². The predicted octanol–water partition coefficient (Wildman–Crippen LogP) is 7.60. The van der Waals surface area contributed by atoms with Crippen molar-refractivity contribution in [3.05, 3.63) is 90.0 Å². The summed E-state index contributed by atoms with van der Waals surface area (Å²) in [7, 11) is 0. The second-order valence-electron chi connectivity index (χ2n) is 6.78. The summed E-state index contributed by atoms with van der Waals surface area (Å²) in [6, 6.07) is 27.6. The van der Waals surface area contributed by atoms with Crippen LogP contribution in [0.4, 0.5) is 0 Å². The Labute approximate surface area is 182 Å².